The number of rotatable bonds is 8. The number of pyridine rings is 2. The van der Waals surface area contributed by atoms with Crippen molar-refractivity contribution in [3.8, 4) is 22.1 Å². The van der Waals surface area contributed by atoms with Crippen LogP contribution in [0.1, 0.15) is 27.4 Å². The maximum absolute atomic E-state index is 13.1. The predicted octanol–water partition coefficient (Wildman–Crippen LogP) is 3.64. The number of carbonyl (C=O) groups excluding carboxylic acids is 1. The van der Waals surface area contributed by atoms with Crippen LogP contribution in [0.5, 0.6) is 10.9 Å². The molecule has 3 heterocycles. The quantitative estimate of drug-likeness (QED) is 0.407. The molecule has 4 rings (SSSR count). The third-order valence-corrected chi connectivity index (χ3v) is 5.43. The Hall–Kier alpha value is -3.89. The van der Waals surface area contributed by atoms with Gasteiger partial charge < -0.3 is 14.6 Å². The molecular formula is C23H21N5O4S. The number of aliphatic hydroxyl groups excluding tert-OH is 1. The number of carbonyl (C=O) groups is 1. The number of methoxy groups -OCH3 is 1. The van der Waals surface area contributed by atoms with Gasteiger partial charge >= 0.3 is 0 Å². The lowest BCUT2D eigenvalue weighted by atomic mass is 9.99. The number of hydrogen-bond donors (Lipinski definition) is 2. The second kappa shape index (κ2) is 10.2. The number of aliphatic hydroxyl groups is 1. The number of para-hydroxylation sites is 1. The third kappa shape index (κ3) is 5.30. The number of hydrogen-bond acceptors (Lipinski definition) is 9. The van der Waals surface area contributed by atoms with Crippen molar-refractivity contribution in [3.05, 3.63) is 77.4 Å². The first-order valence-electron chi connectivity index (χ1n) is 10.0. The zero-order valence-corrected chi connectivity index (χ0v) is 18.8. The van der Waals surface area contributed by atoms with Crippen molar-refractivity contribution in [2.24, 2.45) is 0 Å². The molecule has 0 radical (unpaired) electrons. The Morgan fingerprint density at radius 2 is 1.91 bits per heavy atom. The van der Waals surface area contributed by atoms with Crippen LogP contribution in [0.3, 0.4) is 0 Å². The van der Waals surface area contributed by atoms with E-state index < -0.39 is 0 Å². The van der Waals surface area contributed by atoms with Crippen molar-refractivity contribution in [2.75, 3.05) is 12.4 Å². The molecule has 0 saturated carbocycles. The molecule has 0 aliphatic carbocycles. The van der Waals surface area contributed by atoms with E-state index in [0.29, 0.717) is 33.4 Å². The third-order valence-electron chi connectivity index (χ3n) is 4.68. The highest BCUT2D eigenvalue weighted by Crippen LogP contribution is 2.33. The molecule has 0 atom stereocenters. The molecule has 9 nitrogen and oxygen atoms in total. The summed E-state index contributed by atoms with van der Waals surface area (Å²) in [5.41, 5.74) is 3.85. The van der Waals surface area contributed by atoms with E-state index in [2.05, 4.69) is 25.5 Å². The molecule has 1 aromatic carbocycles. The fraction of sp³-hybridized carbons (Fsp3) is 0.174. The van der Waals surface area contributed by atoms with E-state index in [1.54, 1.807) is 25.3 Å². The lowest BCUT2D eigenvalue weighted by molar-refractivity contribution is 0.102. The van der Waals surface area contributed by atoms with Gasteiger partial charge in [-0.1, -0.05) is 29.4 Å². The summed E-state index contributed by atoms with van der Waals surface area (Å²) in [5, 5.41) is 20.5. The molecule has 0 spiro atoms. The largest absolute Gasteiger partial charge is 0.496 e. The van der Waals surface area contributed by atoms with Crippen LogP contribution in [0.4, 0.5) is 5.13 Å². The molecule has 4 aromatic rings. The van der Waals surface area contributed by atoms with Gasteiger partial charge in [0.15, 0.2) is 0 Å². The summed E-state index contributed by atoms with van der Waals surface area (Å²) < 4.78 is 11.1. The normalized spacial score (nSPS) is 10.6. The van der Waals surface area contributed by atoms with Crippen molar-refractivity contribution >= 4 is 22.4 Å². The van der Waals surface area contributed by atoms with Crippen molar-refractivity contribution in [3.63, 3.8) is 0 Å². The number of aromatic nitrogens is 4. The standard InChI is InChI=1S/C23H21N5O4S/c1-14-10-18(17-8-3-4-9-20(17)31-2)19(11-24-14)21(30)26-22-27-28-23(33-22)32-13-16-7-5-6-15(12-29)25-16/h3-11,29H,12-13H2,1-2H3,(H,26,27,30). The highest BCUT2D eigenvalue weighted by molar-refractivity contribution is 7.17. The smallest absolute Gasteiger partial charge is 0.296 e. The summed E-state index contributed by atoms with van der Waals surface area (Å²) >= 11 is 1.10. The molecule has 0 bridgehead atoms. The van der Waals surface area contributed by atoms with Crippen LogP contribution in [-0.4, -0.2) is 38.3 Å². The van der Waals surface area contributed by atoms with Gasteiger partial charge in [-0.15, -0.1) is 5.10 Å². The molecular weight excluding hydrogens is 442 g/mol. The zero-order valence-electron chi connectivity index (χ0n) is 18.0. The maximum atomic E-state index is 13.1. The number of amides is 1. The van der Waals surface area contributed by atoms with Crippen molar-refractivity contribution in [1.29, 1.82) is 0 Å². The summed E-state index contributed by atoms with van der Waals surface area (Å²) in [4.78, 5) is 21.6. The van der Waals surface area contributed by atoms with Gasteiger partial charge in [0.25, 0.3) is 11.1 Å². The van der Waals surface area contributed by atoms with Crippen LogP contribution in [0, 0.1) is 6.92 Å². The van der Waals surface area contributed by atoms with E-state index in [1.807, 2.05) is 37.3 Å². The van der Waals surface area contributed by atoms with E-state index in [0.717, 1.165) is 22.6 Å². The fourth-order valence-corrected chi connectivity index (χ4v) is 3.74. The molecule has 10 heteroatoms. The number of benzene rings is 1. The SMILES string of the molecule is COc1ccccc1-c1cc(C)ncc1C(=O)Nc1nnc(OCc2cccc(CO)n2)s1. The molecule has 1 amide bonds. The lowest BCUT2D eigenvalue weighted by Crippen LogP contribution is -2.14. The first-order chi connectivity index (χ1) is 16.1. The van der Waals surface area contributed by atoms with Crippen molar-refractivity contribution in [2.45, 2.75) is 20.1 Å². The fourth-order valence-electron chi connectivity index (χ4n) is 3.15. The van der Waals surface area contributed by atoms with Crippen molar-refractivity contribution < 1.29 is 19.4 Å². The van der Waals surface area contributed by atoms with E-state index in [9.17, 15) is 9.90 Å². The number of nitrogens with one attached hydrogen (secondary N) is 1. The molecule has 0 unspecified atom stereocenters. The monoisotopic (exact) mass is 463 g/mol. The summed E-state index contributed by atoms with van der Waals surface area (Å²) in [7, 11) is 1.59. The maximum Gasteiger partial charge on any atom is 0.296 e. The average Bonchev–Trinajstić information content (AvgIpc) is 3.29. The molecule has 168 valence electrons. The Bertz CT molecular complexity index is 1280. The summed E-state index contributed by atoms with van der Waals surface area (Å²) in [5.74, 6) is 0.283. The minimum Gasteiger partial charge on any atom is -0.496 e. The van der Waals surface area contributed by atoms with Crippen LogP contribution in [0.25, 0.3) is 11.1 Å². The predicted molar refractivity (Wildman–Crippen MR) is 123 cm³/mol. The highest BCUT2D eigenvalue weighted by Gasteiger charge is 2.18. The topological polar surface area (TPSA) is 119 Å². The van der Waals surface area contributed by atoms with Gasteiger partial charge in [-0.2, -0.15) is 0 Å². The average molecular weight is 464 g/mol. The minimum absolute atomic E-state index is 0.145. The molecule has 33 heavy (non-hydrogen) atoms. The van der Waals surface area contributed by atoms with Crippen LogP contribution in [0.2, 0.25) is 0 Å². The second-order valence-electron chi connectivity index (χ2n) is 6.97. The Balaban J connectivity index is 1.50. The van der Waals surface area contributed by atoms with Gasteiger partial charge in [0, 0.05) is 23.0 Å². The summed E-state index contributed by atoms with van der Waals surface area (Å²) in [6.45, 7) is 1.88. The van der Waals surface area contributed by atoms with Gasteiger partial charge in [0.1, 0.15) is 12.4 Å². The number of ether oxygens (including phenoxy) is 2. The van der Waals surface area contributed by atoms with Crippen LogP contribution < -0.4 is 14.8 Å². The van der Waals surface area contributed by atoms with Gasteiger partial charge in [-0.25, -0.2) is 0 Å². The van der Waals surface area contributed by atoms with Crippen molar-refractivity contribution in [1.82, 2.24) is 20.2 Å². The summed E-state index contributed by atoms with van der Waals surface area (Å²) in [6.07, 6.45) is 1.53. The number of nitrogens with zero attached hydrogens (tertiary/aromatic N) is 4. The molecule has 0 fully saturated rings. The summed E-state index contributed by atoms with van der Waals surface area (Å²) in [6, 6.07) is 14.6. The Morgan fingerprint density at radius 3 is 2.73 bits per heavy atom. The number of aryl methyl sites for hydroxylation is 1. The van der Waals surface area contributed by atoms with Gasteiger partial charge in [0.05, 0.1) is 30.7 Å². The molecule has 2 N–H and O–H groups in total. The Morgan fingerprint density at radius 1 is 1.09 bits per heavy atom. The first-order valence-corrected chi connectivity index (χ1v) is 10.8. The van der Waals surface area contributed by atoms with E-state index >= 15 is 0 Å². The molecule has 0 aliphatic rings. The van der Waals surface area contributed by atoms with Gasteiger partial charge in [0.2, 0.25) is 5.13 Å². The molecule has 0 aliphatic heterocycles. The van der Waals surface area contributed by atoms with E-state index in [-0.39, 0.29) is 24.3 Å². The van der Waals surface area contributed by atoms with Gasteiger partial charge in [-0.05, 0) is 42.5 Å². The molecule has 3 aromatic heterocycles. The zero-order chi connectivity index (χ0) is 23.2. The highest BCUT2D eigenvalue weighted by atomic mass is 32.1. The molecule has 0 saturated heterocycles. The Labute approximate surface area is 194 Å². The van der Waals surface area contributed by atoms with Gasteiger partial charge in [-0.3, -0.25) is 20.1 Å². The second-order valence-corrected chi connectivity index (χ2v) is 7.91. The van der Waals surface area contributed by atoms with E-state index in [4.69, 9.17) is 9.47 Å². The van der Waals surface area contributed by atoms with Crippen LogP contribution >= 0.6 is 11.3 Å². The van der Waals surface area contributed by atoms with Crippen LogP contribution in [0.15, 0.2) is 54.7 Å². The Kier molecular flexibility index (Phi) is 6.86. The van der Waals surface area contributed by atoms with E-state index in [1.165, 1.54) is 6.20 Å². The minimum atomic E-state index is -0.372. The van der Waals surface area contributed by atoms with Crippen LogP contribution in [-0.2, 0) is 13.2 Å². The lowest BCUT2D eigenvalue weighted by Gasteiger charge is -2.13. The first kappa shape index (κ1) is 22.3. The number of anilines is 1.